The van der Waals surface area contributed by atoms with Crippen LogP contribution in [0.25, 0.3) is 0 Å². The molecule has 0 unspecified atom stereocenters. The molecule has 0 bridgehead atoms. The van der Waals surface area contributed by atoms with Crippen LogP contribution in [0.4, 0.5) is 4.79 Å². The molecule has 0 aromatic heterocycles. The number of piperidine rings is 1. The molecular weight excluding hydrogens is 220 g/mol. The Labute approximate surface area is 101 Å². The van der Waals surface area contributed by atoms with Gasteiger partial charge in [0.05, 0.1) is 5.41 Å². The lowest BCUT2D eigenvalue weighted by molar-refractivity contribution is -0.128. The third-order valence-corrected chi connectivity index (χ3v) is 4.00. The predicted molar refractivity (Wildman–Crippen MR) is 62.6 cm³/mol. The standard InChI is InChI=1S/C12H20N2O3/c1-11(2,3)13-9(15)12(4)7-5-14(10(16)17)6-8(7)12/h7-8H,5-6H2,1-4H3,(H,13,15)(H,16,17)/t7-,8+,12-. The van der Waals surface area contributed by atoms with Crippen LogP contribution in [0.3, 0.4) is 0 Å². The van der Waals surface area contributed by atoms with Gasteiger partial charge >= 0.3 is 6.09 Å². The van der Waals surface area contributed by atoms with E-state index in [9.17, 15) is 9.59 Å². The van der Waals surface area contributed by atoms with Gasteiger partial charge in [-0.15, -0.1) is 0 Å². The number of amides is 2. The van der Waals surface area contributed by atoms with E-state index in [2.05, 4.69) is 5.32 Å². The maximum atomic E-state index is 12.2. The summed E-state index contributed by atoms with van der Waals surface area (Å²) in [4.78, 5) is 24.4. The smallest absolute Gasteiger partial charge is 0.407 e. The molecular formula is C12H20N2O3. The highest BCUT2D eigenvalue weighted by molar-refractivity contribution is 5.87. The molecule has 0 radical (unpaired) electrons. The quantitative estimate of drug-likeness (QED) is 0.722. The van der Waals surface area contributed by atoms with Gasteiger partial charge < -0.3 is 15.3 Å². The van der Waals surface area contributed by atoms with Crippen molar-refractivity contribution < 1.29 is 14.7 Å². The molecule has 5 heteroatoms. The van der Waals surface area contributed by atoms with Crippen molar-refractivity contribution in [2.75, 3.05) is 13.1 Å². The van der Waals surface area contributed by atoms with Crippen LogP contribution in [-0.2, 0) is 4.79 Å². The zero-order chi connectivity index (χ0) is 13.0. The Morgan fingerprint density at radius 1 is 1.29 bits per heavy atom. The van der Waals surface area contributed by atoms with Crippen molar-refractivity contribution in [1.82, 2.24) is 10.2 Å². The summed E-state index contributed by atoms with van der Waals surface area (Å²) >= 11 is 0. The average molecular weight is 240 g/mol. The first-order chi connectivity index (χ1) is 7.66. The zero-order valence-electron chi connectivity index (χ0n) is 10.8. The second kappa shape index (κ2) is 3.37. The molecule has 5 nitrogen and oxygen atoms in total. The molecule has 2 fully saturated rings. The van der Waals surface area contributed by atoms with Crippen LogP contribution in [0.1, 0.15) is 27.7 Å². The Kier molecular flexibility index (Phi) is 2.42. The topological polar surface area (TPSA) is 69.6 Å². The molecule has 1 saturated heterocycles. The van der Waals surface area contributed by atoms with E-state index in [1.54, 1.807) is 0 Å². The Bertz CT molecular complexity index is 360. The monoisotopic (exact) mass is 240 g/mol. The number of hydrogen-bond donors (Lipinski definition) is 2. The summed E-state index contributed by atoms with van der Waals surface area (Å²) in [5, 5.41) is 11.9. The highest BCUT2D eigenvalue weighted by Gasteiger charge is 2.70. The number of hydrogen-bond acceptors (Lipinski definition) is 2. The van der Waals surface area contributed by atoms with Gasteiger partial charge in [-0.2, -0.15) is 0 Å². The fourth-order valence-corrected chi connectivity index (χ4v) is 2.85. The van der Waals surface area contributed by atoms with E-state index in [1.165, 1.54) is 4.90 Å². The number of nitrogens with one attached hydrogen (secondary N) is 1. The van der Waals surface area contributed by atoms with Gasteiger partial charge in [0.25, 0.3) is 0 Å². The SMILES string of the molecule is CC(C)(C)NC(=O)[C@]1(C)[C@@H]2CN(C(=O)O)C[C@@H]21. The Morgan fingerprint density at radius 3 is 2.12 bits per heavy atom. The Balaban J connectivity index is 1.98. The molecule has 1 heterocycles. The summed E-state index contributed by atoms with van der Waals surface area (Å²) in [5.41, 5.74) is -0.595. The summed E-state index contributed by atoms with van der Waals surface area (Å²) in [6.45, 7) is 8.80. The third-order valence-electron chi connectivity index (χ3n) is 4.00. The lowest BCUT2D eigenvalue weighted by Crippen LogP contribution is -2.46. The molecule has 0 aromatic rings. The van der Waals surface area contributed by atoms with Gasteiger partial charge in [0.2, 0.25) is 5.91 Å². The molecule has 1 saturated carbocycles. The van der Waals surface area contributed by atoms with Crippen molar-refractivity contribution in [3.63, 3.8) is 0 Å². The van der Waals surface area contributed by atoms with Gasteiger partial charge in [0, 0.05) is 18.6 Å². The van der Waals surface area contributed by atoms with Crippen molar-refractivity contribution in [3.8, 4) is 0 Å². The van der Waals surface area contributed by atoms with Crippen LogP contribution in [-0.4, -0.2) is 40.6 Å². The van der Waals surface area contributed by atoms with E-state index in [1.807, 2.05) is 27.7 Å². The summed E-state index contributed by atoms with van der Waals surface area (Å²) in [6, 6.07) is 0. The first kappa shape index (κ1) is 12.2. The second-order valence-electron chi connectivity index (χ2n) is 6.39. The summed E-state index contributed by atoms with van der Waals surface area (Å²) in [6.07, 6.45) is -0.879. The van der Waals surface area contributed by atoms with Crippen LogP contribution in [0, 0.1) is 17.3 Å². The van der Waals surface area contributed by atoms with E-state index in [-0.39, 0.29) is 28.7 Å². The van der Waals surface area contributed by atoms with E-state index in [0.717, 1.165) is 0 Å². The lowest BCUT2D eigenvalue weighted by atomic mass is 9.99. The van der Waals surface area contributed by atoms with Crippen LogP contribution in [0.15, 0.2) is 0 Å². The van der Waals surface area contributed by atoms with Crippen molar-refractivity contribution >= 4 is 12.0 Å². The molecule has 2 N–H and O–H groups in total. The average Bonchev–Trinajstić information content (AvgIpc) is 2.60. The predicted octanol–water partition coefficient (Wildman–Crippen LogP) is 1.15. The summed E-state index contributed by atoms with van der Waals surface area (Å²) in [5.74, 6) is 0.451. The number of nitrogens with zero attached hydrogens (tertiary/aromatic N) is 1. The molecule has 1 aliphatic heterocycles. The molecule has 96 valence electrons. The van der Waals surface area contributed by atoms with Crippen LogP contribution < -0.4 is 5.32 Å². The molecule has 3 atom stereocenters. The lowest BCUT2D eigenvalue weighted by Gasteiger charge is -2.26. The molecule has 2 amide bonds. The highest BCUT2D eigenvalue weighted by atomic mass is 16.4. The number of likely N-dealkylation sites (tertiary alicyclic amines) is 1. The number of carbonyl (C=O) groups is 2. The maximum absolute atomic E-state index is 12.2. The normalized spacial score (nSPS) is 35.4. The molecule has 2 aliphatic rings. The van der Waals surface area contributed by atoms with E-state index < -0.39 is 6.09 Å². The van der Waals surface area contributed by atoms with E-state index >= 15 is 0 Å². The Morgan fingerprint density at radius 2 is 1.76 bits per heavy atom. The molecule has 2 rings (SSSR count). The van der Waals surface area contributed by atoms with Gasteiger partial charge in [0.1, 0.15) is 0 Å². The number of carboxylic acid groups (broad SMARTS) is 1. The largest absolute Gasteiger partial charge is 0.465 e. The number of rotatable bonds is 1. The first-order valence-corrected chi connectivity index (χ1v) is 5.97. The molecule has 0 spiro atoms. The van der Waals surface area contributed by atoms with Crippen molar-refractivity contribution in [2.24, 2.45) is 17.3 Å². The zero-order valence-corrected chi connectivity index (χ0v) is 10.8. The summed E-state index contributed by atoms with van der Waals surface area (Å²) < 4.78 is 0. The van der Waals surface area contributed by atoms with Crippen LogP contribution in [0.5, 0.6) is 0 Å². The van der Waals surface area contributed by atoms with E-state index in [0.29, 0.717) is 13.1 Å². The van der Waals surface area contributed by atoms with Crippen molar-refractivity contribution in [1.29, 1.82) is 0 Å². The van der Waals surface area contributed by atoms with Crippen molar-refractivity contribution in [3.05, 3.63) is 0 Å². The van der Waals surface area contributed by atoms with Crippen LogP contribution in [0.2, 0.25) is 0 Å². The number of carbonyl (C=O) groups excluding carboxylic acids is 1. The van der Waals surface area contributed by atoms with Gasteiger partial charge in [-0.25, -0.2) is 4.79 Å². The molecule has 1 aliphatic carbocycles. The second-order valence-corrected chi connectivity index (χ2v) is 6.39. The first-order valence-electron chi connectivity index (χ1n) is 5.97. The molecule has 0 aromatic carbocycles. The van der Waals surface area contributed by atoms with Crippen molar-refractivity contribution in [2.45, 2.75) is 33.2 Å². The van der Waals surface area contributed by atoms with Gasteiger partial charge in [0.15, 0.2) is 0 Å². The fourth-order valence-electron chi connectivity index (χ4n) is 2.85. The third kappa shape index (κ3) is 1.87. The fraction of sp³-hybridized carbons (Fsp3) is 0.833. The van der Waals surface area contributed by atoms with Gasteiger partial charge in [-0.3, -0.25) is 4.79 Å². The minimum absolute atomic E-state index is 0.0602. The molecule has 17 heavy (non-hydrogen) atoms. The highest BCUT2D eigenvalue weighted by Crippen LogP contribution is 2.62. The minimum Gasteiger partial charge on any atom is -0.465 e. The Hall–Kier alpha value is -1.26. The minimum atomic E-state index is -0.879. The van der Waals surface area contributed by atoms with Crippen LogP contribution >= 0.6 is 0 Å². The summed E-state index contributed by atoms with van der Waals surface area (Å²) in [7, 11) is 0. The van der Waals surface area contributed by atoms with E-state index in [4.69, 9.17) is 5.11 Å². The maximum Gasteiger partial charge on any atom is 0.407 e. The van der Waals surface area contributed by atoms with Gasteiger partial charge in [-0.1, -0.05) is 6.92 Å². The number of fused-ring (bicyclic) bond motifs is 1. The van der Waals surface area contributed by atoms with Gasteiger partial charge in [-0.05, 0) is 32.6 Å².